The van der Waals surface area contributed by atoms with Crippen LogP contribution < -0.4 is 4.90 Å². The molecule has 4 rings (SSSR count). The second-order valence-electron chi connectivity index (χ2n) is 9.56. The van der Waals surface area contributed by atoms with Crippen molar-refractivity contribution in [2.45, 2.75) is 39.7 Å². The van der Waals surface area contributed by atoms with Crippen LogP contribution in [0.3, 0.4) is 0 Å². The van der Waals surface area contributed by atoms with E-state index in [9.17, 15) is 14.0 Å². The van der Waals surface area contributed by atoms with Crippen molar-refractivity contribution in [3.63, 3.8) is 0 Å². The lowest BCUT2D eigenvalue weighted by molar-refractivity contribution is -0.132. The van der Waals surface area contributed by atoms with Crippen LogP contribution >= 0.6 is 0 Å². The number of amides is 2. The average Bonchev–Trinajstić information content (AvgIpc) is 3.18. The van der Waals surface area contributed by atoms with Crippen LogP contribution in [0.25, 0.3) is 11.3 Å². The Morgan fingerprint density at radius 3 is 2.32 bits per heavy atom. The van der Waals surface area contributed by atoms with Crippen molar-refractivity contribution in [1.29, 1.82) is 0 Å². The molecule has 1 aromatic heterocycles. The fourth-order valence-electron chi connectivity index (χ4n) is 4.42. The Kier molecular flexibility index (Phi) is 8.48. The maximum atomic E-state index is 13.3. The van der Waals surface area contributed by atoms with E-state index in [1.807, 2.05) is 43.0 Å². The number of halogens is 1. The third-order valence-corrected chi connectivity index (χ3v) is 6.95. The predicted octanol–water partition coefficient (Wildman–Crippen LogP) is 4.57. The second kappa shape index (κ2) is 12.0. The molecule has 0 saturated carbocycles. The highest BCUT2D eigenvalue weighted by Gasteiger charge is 2.27. The number of nitrogens with zero attached hydrogens (tertiary/aromatic N) is 5. The Labute approximate surface area is 217 Å². The van der Waals surface area contributed by atoms with E-state index in [1.165, 1.54) is 29.8 Å². The summed E-state index contributed by atoms with van der Waals surface area (Å²) in [5.41, 5.74) is 3.43. The van der Waals surface area contributed by atoms with Gasteiger partial charge in [0.15, 0.2) is 5.82 Å². The summed E-state index contributed by atoms with van der Waals surface area (Å²) in [5.74, 6) is 0.0469. The molecule has 1 fully saturated rings. The Morgan fingerprint density at radius 1 is 0.946 bits per heavy atom. The number of aromatic nitrogens is 2. The smallest absolute Gasteiger partial charge is 0.254 e. The van der Waals surface area contributed by atoms with E-state index < -0.39 is 5.82 Å². The van der Waals surface area contributed by atoms with Gasteiger partial charge in [-0.15, -0.1) is 10.2 Å². The number of benzene rings is 2. The molecule has 37 heavy (non-hydrogen) atoms. The van der Waals surface area contributed by atoms with Crippen molar-refractivity contribution in [3.05, 3.63) is 77.6 Å². The summed E-state index contributed by atoms with van der Waals surface area (Å²) >= 11 is 0. The molecular formula is C29H34FN5O2. The number of anilines is 1. The van der Waals surface area contributed by atoms with Gasteiger partial charge in [-0.25, -0.2) is 4.39 Å². The molecule has 1 saturated heterocycles. The van der Waals surface area contributed by atoms with Gasteiger partial charge in [0, 0.05) is 43.3 Å². The van der Waals surface area contributed by atoms with Gasteiger partial charge in [-0.3, -0.25) is 9.59 Å². The van der Waals surface area contributed by atoms with Gasteiger partial charge in [-0.2, -0.15) is 0 Å². The van der Waals surface area contributed by atoms with Crippen LogP contribution in [0.4, 0.5) is 10.2 Å². The van der Waals surface area contributed by atoms with E-state index in [0.717, 1.165) is 30.0 Å². The molecule has 2 aromatic carbocycles. The molecule has 0 bridgehead atoms. The molecule has 0 N–H and O–H groups in total. The molecular weight excluding hydrogens is 469 g/mol. The number of hydrogen-bond donors (Lipinski definition) is 0. The van der Waals surface area contributed by atoms with Crippen LogP contribution in [0.5, 0.6) is 0 Å². The minimum Gasteiger partial charge on any atom is -0.353 e. The Bertz CT molecular complexity index is 1200. The SMILES string of the molecule is CCC(C)N(CC(=O)N1CCCN(c2ccc(-c3ccc(C)cc3)nn2)CC1)C(=O)c1ccc(F)cc1. The summed E-state index contributed by atoms with van der Waals surface area (Å²) in [6.45, 7) is 8.52. The molecule has 0 radical (unpaired) electrons. The fourth-order valence-corrected chi connectivity index (χ4v) is 4.42. The number of rotatable bonds is 7. The molecule has 3 aromatic rings. The van der Waals surface area contributed by atoms with Crippen molar-refractivity contribution < 1.29 is 14.0 Å². The van der Waals surface area contributed by atoms with Crippen LogP contribution in [-0.4, -0.2) is 70.6 Å². The molecule has 2 heterocycles. The molecule has 8 heteroatoms. The van der Waals surface area contributed by atoms with Crippen LogP contribution in [0.15, 0.2) is 60.7 Å². The lowest BCUT2D eigenvalue weighted by Gasteiger charge is -2.31. The highest BCUT2D eigenvalue weighted by molar-refractivity contribution is 5.96. The number of carbonyl (C=O) groups excluding carboxylic acids is 2. The number of aryl methyl sites for hydroxylation is 1. The van der Waals surface area contributed by atoms with E-state index in [2.05, 4.69) is 34.2 Å². The maximum Gasteiger partial charge on any atom is 0.254 e. The van der Waals surface area contributed by atoms with Gasteiger partial charge < -0.3 is 14.7 Å². The van der Waals surface area contributed by atoms with Gasteiger partial charge in [0.05, 0.1) is 5.69 Å². The van der Waals surface area contributed by atoms with Crippen LogP contribution in [0.2, 0.25) is 0 Å². The minimum absolute atomic E-state index is 0.00370. The van der Waals surface area contributed by atoms with Crippen molar-refractivity contribution in [3.8, 4) is 11.3 Å². The summed E-state index contributed by atoms with van der Waals surface area (Å²) in [4.78, 5) is 32.0. The first-order valence-electron chi connectivity index (χ1n) is 12.9. The van der Waals surface area contributed by atoms with Gasteiger partial charge in [-0.05, 0) is 63.1 Å². The highest BCUT2D eigenvalue weighted by atomic mass is 19.1. The number of hydrogen-bond acceptors (Lipinski definition) is 5. The Morgan fingerprint density at radius 2 is 1.68 bits per heavy atom. The normalized spacial score (nSPS) is 14.7. The first-order valence-corrected chi connectivity index (χ1v) is 12.9. The standard InChI is InChI=1S/C29H34FN5O2/c1-4-22(3)35(29(37)24-10-12-25(30)13-11-24)20-28(36)34-17-5-16-33(18-19-34)27-15-14-26(31-32-27)23-8-6-21(2)7-9-23/h6-15,22H,4-5,16-20H2,1-3H3. The van der Waals surface area contributed by atoms with Crippen LogP contribution in [-0.2, 0) is 4.79 Å². The zero-order valence-corrected chi connectivity index (χ0v) is 21.7. The maximum absolute atomic E-state index is 13.3. The van der Waals surface area contributed by atoms with Crippen molar-refractivity contribution in [1.82, 2.24) is 20.0 Å². The van der Waals surface area contributed by atoms with Gasteiger partial charge in [0.25, 0.3) is 5.91 Å². The Hall–Kier alpha value is -3.81. The lowest BCUT2D eigenvalue weighted by Crippen LogP contribution is -2.47. The quantitative estimate of drug-likeness (QED) is 0.472. The van der Waals surface area contributed by atoms with E-state index >= 15 is 0 Å². The largest absolute Gasteiger partial charge is 0.353 e. The van der Waals surface area contributed by atoms with E-state index in [4.69, 9.17) is 0 Å². The first-order chi connectivity index (χ1) is 17.9. The molecule has 1 aliphatic heterocycles. The lowest BCUT2D eigenvalue weighted by atomic mass is 10.1. The second-order valence-corrected chi connectivity index (χ2v) is 9.56. The first kappa shape index (κ1) is 26.3. The molecule has 194 valence electrons. The van der Waals surface area contributed by atoms with Gasteiger partial charge in [-0.1, -0.05) is 36.8 Å². The summed E-state index contributed by atoms with van der Waals surface area (Å²) in [7, 11) is 0. The zero-order valence-electron chi connectivity index (χ0n) is 21.7. The third-order valence-electron chi connectivity index (χ3n) is 6.95. The molecule has 7 nitrogen and oxygen atoms in total. The Balaban J connectivity index is 1.39. The zero-order chi connectivity index (χ0) is 26.4. The van der Waals surface area contributed by atoms with Crippen LogP contribution in [0, 0.1) is 12.7 Å². The van der Waals surface area contributed by atoms with E-state index in [-0.39, 0.29) is 24.4 Å². The molecule has 2 amide bonds. The highest BCUT2D eigenvalue weighted by Crippen LogP contribution is 2.20. The van der Waals surface area contributed by atoms with E-state index in [1.54, 1.807) is 4.90 Å². The predicted molar refractivity (Wildman–Crippen MR) is 143 cm³/mol. The van der Waals surface area contributed by atoms with Crippen LogP contribution in [0.1, 0.15) is 42.6 Å². The summed E-state index contributed by atoms with van der Waals surface area (Å²) in [6.07, 6.45) is 1.51. The monoisotopic (exact) mass is 503 g/mol. The summed E-state index contributed by atoms with van der Waals surface area (Å²) in [6, 6.07) is 17.5. The molecule has 1 aliphatic rings. The van der Waals surface area contributed by atoms with Gasteiger partial charge >= 0.3 is 0 Å². The minimum atomic E-state index is -0.397. The van der Waals surface area contributed by atoms with Crippen molar-refractivity contribution in [2.24, 2.45) is 0 Å². The summed E-state index contributed by atoms with van der Waals surface area (Å²) in [5, 5.41) is 8.87. The topological polar surface area (TPSA) is 69.6 Å². The van der Waals surface area contributed by atoms with Gasteiger partial charge in [0.1, 0.15) is 12.4 Å². The van der Waals surface area contributed by atoms with Crippen molar-refractivity contribution >= 4 is 17.6 Å². The molecule has 1 atom stereocenters. The summed E-state index contributed by atoms with van der Waals surface area (Å²) < 4.78 is 13.3. The molecule has 0 aliphatic carbocycles. The average molecular weight is 504 g/mol. The van der Waals surface area contributed by atoms with Crippen molar-refractivity contribution in [2.75, 3.05) is 37.6 Å². The van der Waals surface area contributed by atoms with Gasteiger partial charge in [0.2, 0.25) is 5.91 Å². The molecule has 1 unspecified atom stereocenters. The number of carbonyl (C=O) groups is 2. The third kappa shape index (κ3) is 6.50. The fraction of sp³-hybridized carbons (Fsp3) is 0.379. The van der Waals surface area contributed by atoms with E-state index in [0.29, 0.717) is 31.6 Å². The molecule has 0 spiro atoms.